The smallest absolute Gasteiger partial charge is 0.0648 e. The highest BCUT2D eigenvalue weighted by molar-refractivity contribution is 9.10. The largest absolute Gasteiger partial charge is 0.392 e. The molecular weight excluding hydrogens is 278 g/mol. The predicted molar refractivity (Wildman–Crippen MR) is 73.8 cm³/mol. The molecular formula is C14H20BrNO. The van der Waals surface area contributed by atoms with Crippen molar-refractivity contribution in [3.8, 4) is 0 Å². The number of hydrogen-bond acceptors (Lipinski definition) is 2. The number of benzene rings is 1. The molecule has 1 aliphatic carbocycles. The van der Waals surface area contributed by atoms with E-state index in [1.165, 1.54) is 12.8 Å². The zero-order valence-electron chi connectivity index (χ0n) is 10.1. The van der Waals surface area contributed by atoms with E-state index >= 15 is 0 Å². The molecule has 2 nitrogen and oxygen atoms in total. The fourth-order valence-electron chi connectivity index (χ4n) is 2.45. The van der Waals surface area contributed by atoms with E-state index in [2.05, 4.69) is 22.9 Å². The van der Waals surface area contributed by atoms with Gasteiger partial charge in [0, 0.05) is 16.9 Å². The van der Waals surface area contributed by atoms with Gasteiger partial charge in [0.2, 0.25) is 0 Å². The molecule has 0 heterocycles. The number of nitrogens with two attached hydrogens (primary N) is 1. The summed E-state index contributed by atoms with van der Waals surface area (Å²) >= 11 is 3.42. The lowest BCUT2D eigenvalue weighted by molar-refractivity contribution is 0.0801. The molecule has 17 heavy (non-hydrogen) atoms. The molecule has 94 valence electrons. The Balaban J connectivity index is 2.11. The molecule has 0 saturated heterocycles. The number of halogens is 1. The van der Waals surface area contributed by atoms with E-state index in [9.17, 15) is 5.11 Å². The summed E-state index contributed by atoms with van der Waals surface area (Å²) in [7, 11) is 0. The first-order valence-electron chi connectivity index (χ1n) is 6.27. The van der Waals surface area contributed by atoms with Gasteiger partial charge in [0.15, 0.2) is 0 Å². The van der Waals surface area contributed by atoms with Crippen LogP contribution in [0.4, 0.5) is 0 Å². The Morgan fingerprint density at radius 3 is 2.41 bits per heavy atom. The maximum atomic E-state index is 10.4. The first kappa shape index (κ1) is 13.1. The second-order valence-electron chi connectivity index (χ2n) is 5.08. The summed E-state index contributed by atoms with van der Waals surface area (Å²) in [5.74, 6) is 1.11. The third-order valence-corrected chi connectivity index (χ3v) is 4.40. The molecule has 1 aromatic rings. The van der Waals surface area contributed by atoms with Crippen LogP contribution in [0.25, 0.3) is 0 Å². The molecule has 0 radical (unpaired) electrons. The van der Waals surface area contributed by atoms with E-state index in [0.29, 0.717) is 18.4 Å². The van der Waals surface area contributed by atoms with Crippen LogP contribution in [0.3, 0.4) is 0 Å². The molecule has 1 aromatic carbocycles. The summed E-state index contributed by atoms with van der Waals surface area (Å²) in [5.41, 5.74) is 6.97. The van der Waals surface area contributed by atoms with E-state index in [1.807, 2.05) is 24.3 Å². The summed E-state index contributed by atoms with van der Waals surface area (Å²) in [6, 6.07) is 8.11. The van der Waals surface area contributed by atoms with Crippen molar-refractivity contribution in [1.82, 2.24) is 0 Å². The average molecular weight is 298 g/mol. The molecule has 3 unspecified atom stereocenters. The minimum Gasteiger partial charge on any atom is -0.392 e. The zero-order valence-corrected chi connectivity index (χ0v) is 11.7. The Kier molecular flexibility index (Phi) is 4.23. The summed E-state index contributed by atoms with van der Waals surface area (Å²) in [6.07, 6.45) is 2.19. The van der Waals surface area contributed by atoms with E-state index in [4.69, 9.17) is 5.73 Å². The van der Waals surface area contributed by atoms with Crippen LogP contribution >= 0.6 is 15.9 Å². The highest BCUT2D eigenvalue weighted by Gasteiger charge is 2.36. The van der Waals surface area contributed by atoms with Crippen molar-refractivity contribution in [2.24, 2.45) is 17.6 Å². The van der Waals surface area contributed by atoms with Crippen molar-refractivity contribution in [1.29, 1.82) is 0 Å². The zero-order chi connectivity index (χ0) is 12.4. The second-order valence-corrected chi connectivity index (χ2v) is 6.00. The minimum absolute atomic E-state index is 0.0544. The molecule has 1 saturated carbocycles. The van der Waals surface area contributed by atoms with Crippen molar-refractivity contribution in [2.45, 2.75) is 31.8 Å². The SMILES string of the molecule is CC(C1CC1)C(O)C(CN)c1ccc(Br)cc1. The van der Waals surface area contributed by atoms with Gasteiger partial charge in [-0.2, -0.15) is 0 Å². The summed E-state index contributed by atoms with van der Waals surface area (Å²) in [5, 5.41) is 10.4. The lowest BCUT2D eigenvalue weighted by atomic mass is 9.84. The third kappa shape index (κ3) is 3.09. The third-order valence-electron chi connectivity index (χ3n) is 3.87. The number of aliphatic hydroxyl groups excluding tert-OH is 1. The maximum Gasteiger partial charge on any atom is 0.0648 e. The number of rotatable bonds is 5. The highest BCUT2D eigenvalue weighted by atomic mass is 79.9. The average Bonchev–Trinajstić information content (AvgIpc) is 3.15. The lowest BCUT2D eigenvalue weighted by Crippen LogP contribution is -2.32. The van der Waals surface area contributed by atoms with Gasteiger partial charge in [-0.1, -0.05) is 35.0 Å². The lowest BCUT2D eigenvalue weighted by Gasteiger charge is -2.27. The van der Waals surface area contributed by atoms with Crippen molar-refractivity contribution in [3.05, 3.63) is 34.3 Å². The van der Waals surface area contributed by atoms with Crippen LogP contribution in [-0.4, -0.2) is 17.8 Å². The Morgan fingerprint density at radius 1 is 1.35 bits per heavy atom. The monoisotopic (exact) mass is 297 g/mol. The molecule has 0 amide bonds. The van der Waals surface area contributed by atoms with Crippen molar-refractivity contribution in [2.75, 3.05) is 6.54 Å². The normalized spacial score (nSPS) is 20.9. The molecule has 3 atom stereocenters. The van der Waals surface area contributed by atoms with Crippen LogP contribution in [0, 0.1) is 11.8 Å². The number of aliphatic hydroxyl groups is 1. The highest BCUT2D eigenvalue weighted by Crippen LogP contribution is 2.41. The fourth-order valence-corrected chi connectivity index (χ4v) is 2.71. The van der Waals surface area contributed by atoms with Gasteiger partial charge in [-0.3, -0.25) is 0 Å². The predicted octanol–water partition coefficient (Wildman–Crippen LogP) is 2.90. The molecule has 1 fully saturated rings. The van der Waals surface area contributed by atoms with Gasteiger partial charge in [-0.15, -0.1) is 0 Å². The topological polar surface area (TPSA) is 46.2 Å². The molecule has 0 spiro atoms. The van der Waals surface area contributed by atoms with Gasteiger partial charge in [0.25, 0.3) is 0 Å². The van der Waals surface area contributed by atoms with Gasteiger partial charge in [-0.25, -0.2) is 0 Å². The van der Waals surface area contributed by atoms with Gasteiger partial charge >= 0.3 is 0 Å². The fraction of sp³-hybridized carbons (Fsp3) is 0.571. The van der Waals surface area contributed by atoms with Gasteiger partial charge in [-0.05, 0) is 42.4 Å². The van der Waals surface area contributed by atoms with E-state index in [-0.39, 0.29) is 12.0 Å². The first-order valence-corrected chi connectivity index (χ1v) is 7.06. The first-order chi connectivity index (χ1) is 8.13. The Morgan fingerprint density at radius 2 is 1.94 bits per heavy atom. The molecule has 3 heteroatoms. The van der Waals surface area contributed by atoms with Gasteiger partial charge in [0.1, 0.15) is 0 Å². The van der Waals surface area contributed by atoms with E-state index in [0.717, 1.165) is 10.0 Å². The molecule has 2 rings (SSSR count). The van der Waals surface area contributed by atoms with Crippen LogP contribution in [0.5, 0.6) is 0 Å². The second kappa shape index (κ2) is 5.51. The summed E-state index contributed by atoms with van der Waals surface area (Å²) in [6.45, 7) is 2.64. The summed E-state index contributed by atoms with van der Waals surface area (Å²) in [4.78, 5) is 0. The Labute approximate surface area is 111 Å². The maximum absolute atomic E-state index is 10.4. The minimum atomic E-state index is -0.325. The molecule has 1 aliphatic rings. The van der Waals surface area contributed by atoms with E-state index in [1.54, 1.807) is 0 Å². The van der Waals surface area contributed by atoms with Crippen LogP contribution in [0.2, 0.25) is 0 Å². The molecule has 0 bridgehead atoms. The van der Waals surface area contributed by atoms with E-state index < -0.39 is 0 Å². The number of hydrogen-bond donors (Lipinski definition) is 2. The standard InChI is InChI=1S/C14H20BrNO/c1-9(10-2-3-10)14(17)13(8-16)11-4-6-12(15)7-5-11/h4-7,9-10,13-14,17H,2-3,8,16H2,1H3. The van der Waals surface area contributed by atoms with Crippen molar-refractivity contribution in [3.63, 3.8) is 0 Å². The van der Waals surface area contributed by atoms with Crippen molar-refractivity contribution < 1.29 is 5.11 Å². The molecule has 3 N–H and O–H groups in total. The summed E-state index contributed by atoms with van der Waals surface area (Å²) < 4.78 is 1.06. The van der Waals surface area contributed by atoms with Crippen LogP contribution < -0.4 is 5.73 Å². The quantitative estimate of drug-likeness (QED) is 0.878. The molecule has 0 aliphatic heterocycles. The van der Waals surface area contributed by atoms with Crippen LogP contribution in [0.15, 0.2) is 28.7 Å². The van der Waals surface area contributed by atoms with Gasteiger partial charge in [0.05, 0.1) is 6.10 Å². The van der Waals surface area contributed by atoms with Gasteiger partial charge < -0.3 is 10.8 Å². The van der Waals surface area contributed by atoms with Crippen molar-refractivity contribution >= 4 is 15.9 Å². The van der Waals surface area contributed by atoms with Crippen LogP contribution in [0.1, 0.15) is 31.2 Å². The Hall–Kier alpha value is -0.380. The molecule has 0 aromatic heterocycles. The van der Waals surface area contributed by atoms with Crippen LogP contribution in [-0.2, 0) is 0 Å². The Bertz CT molecular complexity index is 361.